The number of methoxy groups -OCH3 is 1. The summed E-state index contributed by atoms with van der Waals surface area (Å²) in [6.07, 6.45) is 3.33. The van der Waals surface area contributed by atoms with Gasteiger partial charge in [0, 0.05) is 13.6 Å². The maximum Gasteiger partial charge on any atom is 0.307 e. The first-order valence-corrected chi connectivity index (χ1v) is 4.77. The molecule has 0 aliphatic heterocycles. The third-order valence-corrected chi connectivity index (χ3v) is 2.02. The molecule has 0 aliphatic carbocycles. The van der Waals surface area contributed by atoms with Crippen LogP contribution in [0.4, 0.5) is 5.95 Å². The lowest BCUT2D eigenvalue weighted by Gasteiger charge is -2.15. The molecule has 0 saturated heterocycles. The second kappa shape index (κ2) is 5.50. The number of halogens is 1. The number of esters is 1. The molecule has 82 valence electrons. The quantitative estimate of drug-likeness (QED) is 0.725. The Kier molecular flexibility index (Phi) is 4.30. The monoisotopic (exact) mass is 229 g/mol. The van der Waals surface area contributed by atoms with Crippen molar-refractivity contribution in [2.45, 2.75) is 6.42 Å². The van der Waals surface area contributed by atoms with Gasteiger partial charge in [0.2, 0.25) is 5.95 Å². The van der Waals surface area contributed by atoms with Crippen LogP contribution in [-0.2, 0) is 9.53 Å². The number of carbonyl (C=O) groups is 1. The van der Waals surface area contributed by atoms with Gasteiger partial charge in [-0.05, 0) is 0 Å². The molecule has 1 heterocycles. The van der Waals surface area contributed by atoms with Gasteiger partial charge in [-0.15, -0.1) is 0 Å². The number of ether oxygens (including phenoxy) is 1. The molecule has 0 radical (unpaired) electrons. The molecule has 5 nitrogen and oxygen atoms in total. The number of carbonyl (C=O) groups excluding carboxylic acids is 1. The third-order valence-electron chi connectivity index (χ3n) is 1.83. The Morgan fingerprint density at radius 1 is 1.53 bits per heavy atom. The van der Waals surface area contributed by atoms with E-state index in [0.717, 1.165) is 0 Å². The van der Waals surface area contributed by atoms with Gasteiger partial charge in [-0.1, -0.05) is 11.6 Å². The molecule has 0 fully saturated rings. The van der Waals surface area contributed by atoms with Crippen LogP contribution < -0.4 is 4.90 Å². The third kappa shape index (κ3) is 3.71. The van der Waals surface area contributed by atoms with Crippen LogP contribution in [0.15, 0.2) is 12.4 Å². The molecule has 6 heteroatoms. The van der Waals surface area contributed by atoms with Crippen molar-refractivity contribution < 1.29 is 9.53 Å². The molecule has 0 unspecified atom stereocenters. The Morgan fingerprint density at radius 2 is 2.13 bits per heavy atom. The average molecular weight is 230 g/mol. The van der Waals surface area contributed by atoms with Crippen molar-refractivity contribution in [3.63, 3.8) is 0 Å². The van der Waals surface area contributed by atoms with Gasteiger partial charge in [0.1, 0.15) is 0 Å². The molecule has 15 heavy (non-hydrogen) atoms. The Balaban J connectivity index is 2.50. The molecule has 0 atom stereocenters. The van der Waals surface area contributed by atoms with Gasteiger partial charge >= 0.3 is 5.97 Å². The Hall–Kier alpha value is -1.36. The molecular formula is C9H12ClN3O2. The van der Waals surface area contributed by atoms with Crippen molar-refractivity contribution in [3.8, 4) is 0 Å². The van der Waals surface area contributed by atoms with Gasteiger partial charge in [0.25, 0.3) is 0 Å². The molecule has 1 aromatic heterocycles. The SMILES string of the molecule is COC(=O)CCN(C)c1ncc(Cl)cn1. The molecule has 0 aromatic carbocycles. The molecule has 0 amide bonds. The van der Waals surface area contributed by atoms with Gasteiger partial charge in [0.15, 0.2) is 0 Å². The fourth-order valence-corrected chi connectivity index (χ4v) is 1.06. The van der Waals surface area contributed by atoms with Crippen LogP contribution in [0.5, 0.6) is 0 Å². The summed E-state index contributed by atoms with van der Waals surface area (Å²) in [7, 11) is 3.16. The highest BCUT2D eigenvalue weighted by molar-refractivity contribution is 6.30. The summed E-state index contributed by atoms with van der Waals surface area (Å²) in [5.74, 6) is 0.277. The van der Waals surface area contributed by atoms with E-state index < -0.39 is 0 Å². The first-order valence-electron chi connectivity index (χ1n) is 4.39. The zero-order chi connectivity index (χ0) is 11.3. The second-order valence-electron chi connectivity index (χ2n) is 2.95. The lowest BCUT2D eigenvalue weighted by atomic mass is 10.4. The number of anilines is 1. The molecule has 1 aromatic rings. The van der Waals surface area contributed by atoms with Gasteiger partial charge in [0.05, 0.1) is 30.9 Å². The van der Waals surface area contributed by atoms with Crippen molar-refractivity contribution in [1.29, 1.82) is 0 Å². The normalized spacial score (nSPS) is 9.80. The lowest BCUT2D eigenvalue weighted by Crippen LogP contribution is -2.23. The zero-order valence-corrected chi connectivity index (χ0v) is 9.36. The van der Waals surface area contributed by atoms with E-state index in [9.17, 15) is 4.79 Å². The Labute approximate surface area is 93.0 Å². The summed E-state index contributed by atoms with van der Waals surface area (Å²) < 4.78 is 4.53. The fraction of sp³-hybridized carbons (Fsp3) is 0.444. The van der Waals surface area contributed by atoms with Gasteiger partial charge in [-0.25, -0.2) is 9.97 Å². The number of hydrogen-bond acceptors (Lipinski definition) is 5. The Morgan fingerprint density at radius 3 is 2.67 bits per heavy atom. The van der Waals surface area contributed by atoms with Crippen LogP contribution >= 0.6 is 11.6 Å². The highest BCUT2D eigenvalue weighted by Crippen LogP contribution is 2.08. The van der Waals surface area contributed by atoms with E-state index in [0.29, 0.717) is 23.9 Å². The maximum absolute atomic E-state index is 10.9. The van der Waals surface area contributed by atoms with E-state index in [2.05, 4.69) is 14.7 Å². The summed E-state index contributed by atoms with van der Waals surface area (Å²) in [6.45, 7) is 0.508. The topological polar surface area (TPSA) is 55.3 Å². The summed E-state index contributed by atoms with van der Waals surface area (Å²) in [6, 6.07) is 0. The first-order chi connectivity index (χ1) is 7.13. The second-order valence-corrected chi connectivity index (χ2v) is 3.39. The molecule has 0 spiro atoms. The summed E-state index contributed by atoms with van der Waals surface area (Å²) >= 11 is 5.65. The summed E-state index contributed by atoms with van der Waals surface area (Å²) in [5, 5.41) is 0.486. The van der Waals surface area contributed by atoms with Crippen LogP contribution in [0.25, 0.3) is 0 Å². The number of hydrogen-bond donors (Lipinski definition) is 0. The van der Waals surface area contributed by atoms with Crippen molar-refractivity contribution in [1.82, 2.24) is 9.97 Å². The molecular weight excluding hydrogens is 218 g/mol. The van der Waals surface area contributed by atoms with E-state index in [4.69, 9.17) is 11.6 Å². The van der Waals surface area contributed by atoms with Gasteiger partial charge in [-0.3, -0.25) is 4.79 Å². The predicted octanol–water partition coefficient (Wildman–Crippen LogP) is 1.13. The van der Waals surface area contributed by atoms with E-state index in [1.54, 1.807) is 11.9 Å². The summed E-state index contributed by atoms with van der Waals surface area (Å²) in [5.41, 5.74) is 0. The maximum atomic E-state index is 10.9. The molecule has 0 N–H and O–H groups in total. The molecule has 0 aliphatic rings. The lowest BCUT2D eigenvalue weighted by molar-refractivity contribution is -0.140. The van der Waals surface area contributed by atoms with Crippen LogP contribution in [0.2, 0.25) is 5.02 Å². The van der Waals surface area contributed by atoms with Crippen molar-refractivity contribution in [2.24, 2.45) is 0 Å². The Bertz CT molecular complexity index is 329. The van der Waals surface area contributed by atoms with Crippen LogP contribution in [0.3, 0.4) is 0 Å². The smallest absolute Gasteiger partial charge is 0.307 e. The van der Waals surface area contributed by atoms with Crippen molar-refractivity contribution >= 4 is 23.5 Å². The highest BCUT2D eigenvalue weighted by Gasteiger charge is 2.06. The van der Waals surface area contributed by atoms with Gasteiger partial charge in [-0.2, -0.15) is 0 Å². The molecule has 0 saturated carbocycles. The summed E-state index contributed by atoms with van der Waals surface area (Å²) in [4.78, 5) is 20.7. The average Bonchev–Trinajstić information content (AvgIpc) is 2.26. The number of aromatic nitrogens is 2. The van der Waals surface area contributed by atoms with E-state index in [-0.39, 0.29) is 5.97 Å². The first kappa shape index (κ1) is 11.7. The molecule has 1 rings (SSSR count). The largest absolute Gasteiger partial charge is 0.469 e. The number of rotatable bonds is 4. The zero-order valence-electron chi connectivity index (χ0n) is 8.61. The molecule has 0 bridgehead atoms. The van der Waals surface area contributed by atoms with Crippen molar-refractivity contribution in [2.75, 3.05) is 25.6 Å². The minimum Gasteiger partial charge on any atom is -0.469 e. The minimum absolute atomic E-state index is 0.254. The van der Waals surface area contributed by atoms with Crippen LogP contribution in [0.1, 0.15) is 6.42 Å². The van der Waals surface area contributed by atoms with E-state index in [1.807, 2.05) is 0 Å². The standard InChI is InChI=1S/C9H12ClN3O2/c1-13(4-3-8(14)15-2)9-11-5-7(10)6-12-9/h5-6H,3-4H2,1-2H3. The minimum atomic E-state index is -0.254. The van der Waals surface area contributed by atoms with Crippen LogP contribution in [0, 0.1) is 0 Å². The number of nitrogens with zero attached hydrogens (tertiary/aromatic N) is 3. The predicted molar refractivity (Wildman–Crippen MR) is 56.9 cm³/mol. The van der Waals surface area contributed by atoms with E-state index >= 15 is 0 Å². The highest BCUT2D eigenvalue weighted by atomic mass is 35.5. The van der Waals surface area contributed by atoms with Gasteiger partial charge < -0.3 is 9.64 Å². The van der Waals surface area contributed by atoms with Crippen LogP contribution in [-0.4, -0.2) is 36.6 Å². The van der Waals surface area contributed by atoms with Crippen molar-refractivity contribution in [3.05, 3.63) is 17.4 Å². The van der Waals surface area contributed by atoms with E-state index in [1.165, 1.54) is 19.5 Å². The fourth-order valence-electron chi connectivity index (χ4n) is 0.964.